The number of oxime groups is 1. The quantitative estimate of drug-likeness (QED) is 0.317. The Hall–Kier alpha value is -1.56. The first-order valence-corrected chi connectivity index (χ1v) is 5.97. The number of nitrogens with zero attached hydrogens (tertiary/aromatic N) is 1. The summed E-state index contributed by atoms with van der Waals surface area (Å²) >= 11 is 1.46. The Kier molecular flexibility index (Phi) is 3.09. The zero-order valence-electron chi connectivity index (χ0n) is 8.59. The molecule has 1 heterocycles. The number of amides is 1. The van der Waals surface area contributed by atoms with Crippen molar-refractivity contribution in [1.82, 2.24) is 5.32 Å². The Morgan fingerprint density at radius 3 is 2.94 bits per heavy atom. The average Bonchev–Trinajstić information content (AvgIpc) is 2.98. The lowest BCUT2D eigenvalue weighted by molar-refractivity contribution is 0.0943. The van der Waals surface area contributed by atoms with Crippen molar-refractivity contribution in [2.24, 2.45) is 16.8 Å². The Balaban J connectivity index is 2.03. The lowest BCUT2D eigenvalue weighted by Crippen LogP contribution is -2.46. The maximum atomic E-state index is 11.8. The van der Waals surface area contributed by atoms with E-state index in [1.54, 1.807) is 11.4 Å². The molecule has 0 aromatic carbocycles. The molecule has 2 rings (SSSR count). The van der Waals surface area contributed by atoms with Gasteiger partial charge in [0.25, 0.3) is 5.91 Å². The van der Waals surface area contributed by atoms with Crippen molar-refractivity contribution >= 4 is 23.1 Å². The van der Waals surface area contributed by atoms with Gasteiger partial charge in [-0.3, -0.25) is 4.79 Å². The van der Waals surface area contributed by atoms with Gasteiger partial charge in [-0.05, 0) is 30.2 Å². The normalized spacial score (nSPS) is 18.1. The number of amidine groups is 1. The van der Waals surface area contributed by atoms with Gasteiger partial charge in [-0.2, -0.15) is 11.3 Å². The number of thiophene rings is 1. The van der Waals surface area contributed by atoms with Crippen LogP contribution < -0.4 is 11.1 Å². The first-order valence-electron chi connectivity index (χ1n) is 5.03. The molecule has 0 bridgehead atoms. The van der Waals surface area contributed by atoms with Crippen LogP contribution in [-0.4, -0.2) is 23.0 Å². The highest BCUT2D eigenvalue weighted by Crippen LogP contribution is 2.32. The number of nitrogens with two attached hydrogens (primary N) is 1. The monoisotopic (exact) mass is 239 g/mol. The van der Waals surface area contributed by atoms with E-state index in [9.17, 15) is 4.79 Å². The number of hydrogen-bond donors (Lipinski definition) is 3. The van der Waals surface area contributed by atoms with Crippen LogP contribution >= 0.6 is 11.3 Å². The summed E-state index contributed by atoms with van der Waals surface area (Å²) in [5.41, 5.74) is 6.16. The van der Waals surface area contributed by atoms with Crippen LogP contribution in [0.5, 0.6) is 0 Å². The van der Waals surface area contributed by atoms with Crippen LogP contribution in [-0.2, 0) is 0 Å². The lowest BCUT2D eigenvalue weighted by Gasteiger charge is -2.15. The Morgan fingerprint density at radius 2 is 2.44 bits per heavy atom. The van der Waals surface area contributed by atoms with Gasteiger partial charge in [0.15, 0.2) is 5.84 Å². The Morgan fingerprint density at radius 1 is 1.69 bits per heavy atom. The van der Waals surface area contributed by atoms with Gasteiger partial charge in [0.05, 0.1) is 11.6 Å². The van der Waals surface area contributed by atoms with E-state index in [-0.39, 0.29) is 17.8 Å². The molecule has 1 unspecified atom stereocenters. The topological polar surface area (TPSA) is 87.7 Å². The van der Waals surface area contributed by atoms with Crippen molar-refractivity contribution in [3.63, 3.8) is 0 Å². The van der Waals surface area contributed by atoms with Gasteiger partial charge in [-0.1, -0.05) is 5.16 Å². The molecule has 1 aliphatic rings. The van der Waals surface area contributed by atoms with E-state index in [2.05, 4.69) is 10.5 Å². The summed E-state index contributed by atoms with van der Waals surface area (Å²) in [7, 11) is 0. The second kappa shape index (κ2) is 4.52. The zero-order chi connectivity index (χ0) is 11.5. The number of carbonyl (C=O) groups is 1. The third-order valence-electron chi connectivity index (χ3n) is 2.60. The van der Waals surface area contributed by atoms with E-state index >= 15 is 0 Å². The van der Waals surface area contributed by atoms with Gasteiger partial charge in [0.2, 0.25) is 0 Å². The molecule has 1 aromatic heterocycles. The molecule has 1 amide bonds. The van der Waals surface area contributed by atoms with Crippen molar-refractivity contribution in [1.29, 1.82) is 0 Å². The number of hydrogen-bond acceptors (Lipinski definition) is 4. The molecule has 1 saturated carbocycles. The van der Waals surface area contributed by atoms with Crippen LogP contribution in [0, 0.1) is 5.92 Å². The molecule has 1 aliphatic carbocycles. The van der Waals surface area contributed by atoms with Gasteiger partial charge >= 0.3 is 0 Å². The molecule has 6 heteroatoms. The fourth-order valence-corrected chi connectivity index (χ4v) is 2.18. The van der Waals surface area contributed by atoms with E-state index in [4.69, 9.17) is 10.9 Å². The summed E-state index contributed by atoms with van der Waals surface area (Å²) < 4.78 is 0. The summed E-state index contributed by atoms with van der Waals surface area (Å²) in [6.45, 7) is 0. The molecule has 5 nitrogen and oxygen atoms in total. The summed E-state index contributed by atoms with van der Waals surface area (Å²) in [4.78, 5) is 11.8. The van der Waals surface area contributed by atoms with Crippen LogP contribution in [0.4, 0.5) is 0 Å². The summed E-state index contributed by atoms with van der Waals surface area (Å²) in [5.74, 6) is 0.203. The van der Waals surface area contributed by atoms with Crippen molar-refractivity contribution in [2.45, 2.75) is 18.9 Å². The molecular weight excluding hydrogens is 226 g/mol. The molecule has 1 atom stereocenters. The van der Waals surface area contributed by atoms with Crippen LogP contribution in [0.25, 0.3) is 0 Å². The van der Waals surface area contributed by atoms with Crippen LogP contribution in [0.15, 0.2) is 22.0 Å². The molecule has 0 radical (unpaired) electrons. The second-order valence-electron chi connectivity index (χ2n) is 3.83. The zero-order valence-corrected chi connectivity index (χ0v) is 9.41. The van der Waals surface area contributed by atoms with Crippen LogP contribution in [0.3, 0.4) is 0 Å². The molecular formula is C10H13N3O2S. The highest BCUT2D eigenvalue weighted by molar-refractivity contribution is 7.08. The van der Waals surface area contributed by atoms with Gasteiger partial charge in [0.1, 0.15) is 0 Å². The van der Waals surface area contributed by atoms with Gasteiger partial charge in [-0.15, -0.1) is 0 Å². The molecule has 86 valence electrons. The lowest BCUT2D eigenvalue weighted by atomic mass is 10.1. The maximum Gasteiger partial charge on any atom is 0.252 e. The van der Waals surface area contributed by atoms with Gasteiger partial charge in [0, 0.05) is 5.38 Å². The predicted octanol–water partition coefficient (Wildman–Crippen LogP) is 1.00. The average molecular weight is 239 g/mol. The van der Waals surface area contributed by atoms with E-state index < -0.39 is 0 Å². The molecule has 4 N–H and O–H groups in total. The maximum absolute atomic E-state index is 11.8. The van der Waals surface area contributed by atoms with E-state index in [0.717, 1.165) is 12.8 Å². The van der Waals surface area contributed by atoms with Crippen molar-refractivity contribution in [3.05, 3.63) is 22.4 Å². The number of rotatable bonds is 4. The Labute approximate surface area is 97.0 Å². The SMILES string of the molecule is NC(=NO)C(NC(=O)c1ccsc1)C1CC1. The molecule has 0 spiro atoms. The molecule has 0 aliphatic heterocycles. The van der Waals surface area contributed by atoms with E-state index in [1.165, 1.54) is 11.3 Å². The molecule has 0 saturated heterocycles. The van der Waals surface area contributed by atoms with Gasteiger partial charge in [-0.25, -0.2) is 0 Å². The van der Waals surface area contributed by atoms with Gasteiger partial charge < -0.3 is 16.3 Å². The number of carbonyl (C=O) groups excluding carboxylic acids is 1. The minimum absolute atomic E-state index is 0.0751. The van der Waals surface area contributed by atoms with Crippen molar-refractivity contribution in [3.8, 4) is 0 Å². The molecule has 16 heavy (non-hydrogen) atoms. The largest absolute Gasteiger partial charge is 0.409 e. The van der Waals surface area contributed by atoms with Crippen LogP contribution in [0.1, 0.15) is 23.2 Å². The summed E-state index contributed by atoms with van der Waals surface area (Å²) in [6.07, 6.45) is 2.01. The van der Waals surface area contributed by atoms with Crippen molar-refractivity contribution in [2.75, 3.05) is 0 Å². The summed E-state index contributed by atoms with van der Waals surface area (Å²) in [5, 5.41) is 18.0. The first-order chi connectivity index (χ1) is 7.72. The summed E-state index contributed by atoms with van der Waals surface area (Å²) in [6, 6.07) is 1.40. The fourth-order valence-electron chi connectivity index (χ4n) is 1.54. The minimum atomic E-state index is -0.350. The van der Waals surface area contributed by atoms with Crippen LogP contribution in [0.2, 0.25) is 0 Å². The van der Waals surface area contributed by atoms with E-state index in [0.29, 0.717) is 11.5 Å². The highest BCUT2D eigenvalue weighted by Gasteiger charge is 2.35. The predicted molar refractivity (Wildman–Crippen MR) is 61.7 cm³/mol. The first kappa shape index (κ1) is 10.9. The third kappa shape index (κ3) is 2.33. The van der Waals surface area contributed by atoms with E-state index in [1.807, 2.05) is 5.38 Å². The van der Waals surface area contributed by atoms with Crippen molar-refractivity contribution < 1.29 is 10.0 Å². The highest BCUT2D eigenvalue weighted by atomic mass is 32.1. The number of nitrogens with one attached hydrogen (secondary N) is 1. The standard InChI is InChI=1S/C10H13N3O2S/c11-9(13-15)8(6-1-2-6)12-10(14)7-3-4-16-5-7/h3-6,8,15H,1-2H2,(H2,11,13)(H,12,14). The third-order valence-corrected chi connectivity index (χ3v) is 3.28. The minimum Gasteiger partial charge on any atom is -0.409 e. The smallest absolute Gasteiger partial charge is 0.252 e. The fraction of sp³-hybridized carbons (Fsp3) is 0.400. The molecule has 1 fully saturated rings. The second-order valence-corrected chi connectivity index (χ2v) is 4.61. The Bertz CT molecular complexity index is 398. The molecule has 1 aromatic rings.